The van der Waals surface area contributed by atoms with Gasteiger partial charge in [-0.3, -0.25) is 9.59 Å². The summed E-state index contributed by atoms with van der Waals surface area (Å²) in [6.07, 6.45) is 0.620. The molecule has 3 N–H and O–H groups in total. The number of carbonyl (C=O) groups is 2. The maximum absolute atomic E-state index is 12.0. The van der Waals surface area contributed by atoms with E-state index in [-0.39, 0.29) is 18.4 Å². The van der Waals surface area contributed by atoms with Crippen molar-refractivity contribution in [2.75, 3.05) is 11.9 Å². The number of amides is 2. The Labute approximate surface area is 125 Å². The minimum atomic E-state index is -0.917. The van der Waals surface area contributed by atoms with Gasteiger partial charge in [-0.2, -0.15) is 0 Å². The van der Waals surface area contributed by atoms with Gasteiger partial charge in [0.1, 0.15) is 0 Å². The van der Waals surface area contributed by atoms with Gasteiger partial charge in [0.25, 0.3) is 5.91 Å². The van der Waals surface area contributed by atoms with Crippen molar-refractivity contribution < 1.29 is 14.7 Å². The van der Waals surface area contributed by atoms with Crippen molar-refractivity contribution in [1.82, 2.24) is 5.32 Å². The average Bonchev–Trinajstić information content (AvgIpc) is 2.34. The van der Waals surface area contributed by atoms with Crippen LogP contribution >= 0.6 is 0 Å². The Kier molecular flexibility index (Phi) is 5.90. The molecule has 0 aliphatic carbocycles. The normalized spacial score (nSPS) is 13.6. The number of carbonyl (C=O) groups excluding carboxylic acids is 2. The Bertz CT molecular complexity index is 493. The molecule has 0 bridgehead atoms. The molecule has 1 atom stereocenters. The summed E-state index contributed by atoms with van der Waals surface area (Å²) in [6, 6.07) is 6.61. The fourth-order valence-corrected chi connectivity index (χ4v) is 2.23. The van der Waals surface area contributed by atoms with Crippen LogP contribution in [0.2, 0.25) is 0 Å². The van der Waals surface area contributed by atoms with Crippen molar-refractivity contribution in [3.8, 4) is 0 Å². The molecule has 5 heteroatoms. The molecule has 0 fully saturated rings. The second kappa shape index (κ2) is 7.22. The van der Waals surface area contributed by atoms with Crippen LogP contribution in [-0.2, 0) is 4.79 Å². The molecule has 0 spiro atoms. The van der Waals surface area contributed by atoms with Crippen molar-refractivity contribution in [1.29, 1.82) is 0 Å². The van der Waals surface area contributed by atoms with Gasteiger partial charge in [0.2, 0.25) is 5.91 Å². The first-order valence-electron chi connectivity index (χ1n) is 7.08. The molecule has 0 saturated heterocycles. The van der Waals surface area contributed by atoms with Gasteiger partial charge in [-0.1, -0.05) is 13.8 Å². The first-order chi connectivity index (χ1) is 9.69. The Morgan fingerprint density at radius 3 is 2.29 bits per heavy atom. The fourth-order valence-electron chi connectivity index (χ4n) is 2.23. The summed E-state index contributed by atoms with van der Waals surface area (Å²) in [6.45, 7) is 7.40. The lowest BCUT2D eigenvalue weighted by atomic mass is 9.94. The predicted octanol–water partition coefficient (Wildman–Crippen LogP) is 2.17. The van der Waals surface area contributed by atoms with E-state index in [2.05, 4.69) is 10.6 Å². The van der Waals surface area contributed by atoms with Crippen LogP contribution in [0.1, 0.15) is 44.5 Å². The molecule has 0 aliphatic rings. The van der Waals surface area contributed by atoms with Crippen LogP contribution in [0, 0.1) is 5.92 Å². The number of anilines is 1. The number of hydrogen-bond acceptors (Lipinski definition) is 3. The summed E-state index contributed by atoms with van der Waals surface area (Å²) in [5, 5.41) is 15.5. The van der Waals surface area contributed by atoms with Crippen molar-refractivity contribution in [2.24, 2.45) is 5.92 Å². The van der Waals surface area contributed by atoms with Crippen LogP contribution in [-0.4, -0.2) is 29.1 Å². The van der Waals surface area contributed by atoms with Gasteiger partial charge in [-0.15, -0.1) is 0 Å². The Morgan fingerprint density at radius 1 is 1.24 bits per heavy atom. The third-order valence-electron chi connectivity index (χ3n) is 2.95. The van der Waals surface area contributed by atoms with Crippen LogP contribution in [0.15, 0.2) is 24.3 Å². The summed E-state index contributed by atoms with van der Waals surface area (Å²) in [4.78, 5) is 22.9. The highest BCUT2D eigenvalue weighted by molar-refractivity contribution is 5.95. The van der Waals surface area contributed by atoms with Crippen LogP contribution in [0.4, 0.5) is 5.69 Å². The zero-order valence-corrected chi connectivity index (χ0v) is 13.1. The van der Waals surface area contributed by atoms with Gasteiger partial charge in [-0.05, 0) is 43.5 Å². The van der Waals surface area contributed by atoms with Gasteiger partial charge in [0.05, 0.1) is 5.60 Å². The van der Waals surface area contributed by atoms with E-state index in [0.717, 1.165) is 0 Å². The molecule has 1 unspecified atom stereocenters. The fraction of sp³-hybridized carbons (Fsp3) is 0.500. The highest BCUT2D eigenvalue weighted by Gasteiger charge is 2.22. The molecular weight excluding hydrogens is 268 g/mol. The first kappa shape index (κ1) is 17.2. The van der Waals surface area contributed by atoms with Crippen LogP contribution in [0.25, 0.3) is 0 Å². The molecule has 116 valence electrons. The molecule has 0 radical (unpaired) electrons. The number of hydrogen-bond donors (Lipinski definition) is 3. The maximum Gasteiger partial charge on any atom is 0.251 e. The SMILES string of the molecule is CC(=O)Nc1ccc(C(=O)NCC(C)(O)CC(C)C)cc1. The highest BCUT2D eigenvalue weighted by atomic mass is 16.3. The Hall–Kier alpha value is -1.88. The van der Waals surface area contributed by atoms with Crippen LogP contribution in [0.3, 0.4) is 0 Å². The number of aliphatic hydroxyl groups is 1. The summed E-state index contributed by atoms with van der Waals surface area (Å²) >= 11 is 0. The minimum absolute atomic E-state index is 0.156. The quantitative estimate of drug-likeness (QED) is 0.752. The monoisotopic (exact) mass is 292 g/mol. The Morgan fingerprint density at radius 2 is 1.81 bits per heavy atom. The second-order valence-electron chi connectivity index (χ2n) is 6.04. The van der Waals surface area contributed by atoms with Crippen molar-refractivity contribution in [3.05, 3.63) is 29.8 Å². The third-order valence-corrected chi connectivity index (χ3v) is 2.95. The van der Waals surface area contributed by atoms with Gasteiger partial charge < -0.3 is 15.7 Å². The number of rotatable bonds is 6. The highest BCUT2D eigenvalue weighted by Crippen LogP contribution is 2.15. The van der Waals surface area contributed by atoms with Crippen LogP contribution < -0.4 is 10.6 Å². The predicted molar refractivity (Wildman–Crippen MR) is 83.2 cm³/mol. The largest absolute Gasteiger partial charge is 0.388 e. The van der Waals surface area contributed by atoms with E-state index in [1.54, 1.807) is 31.2 Å². The second-order valence-corrected chi connectivity index (χ2v) is 6.04. The lowest BCUT2D eigenvalue weighted by Gasteiger charge is -2.25. The number of nitrogens with one attached hydrogen (secondary N) is 2. The molecule has 1 aromatic carbocycles. The molecule has 21 heavy (non-hydrogen) atoms. The molecule has 0 aromatic heterocycles. The lowest BCUT2D eigenvalue weighted by molar-refractivity contribution is -0.114. The first-order valence-corrected chi connectivity index (χ1v) is 7.08. The molecule has 0 saturated carbocycles. The molecule has 2 amide bonds. The molecule has 0 aliphatic heterocycles. The van der Waals surface area contributed by atoms with E-state index in [1.165, 1.54) is 6.92 Å². The van der Waals surface area contributed by atoms with E-state index in [1.807, 2.05) is 13.8 Å². The van der Waals surface area contributed by atoms with Gasteiger partial charge in [-0.25, -0.2) is 0 Å². The van der Waals surface area contributed by atoms with E-state index in [0.29, 0.717) is 23.6 Å². The van der Waals surface area contributed by atoms with Crippen LogP contribution in [0.5, 0.6) is 0 Å². The van der Waals surface area contributed by atoms with E-state index >= 15 is 0 Å². The Balaban J connectivity index is 2.58. The minimum Gasteiger partial charge on any atom is -0.388 e. The van der Waals surface area contributed by atoms with Gasteiger partial charge in [0.15, 0.2) is 0 Å². The van der Waals surface area contributed by atoms with Crippen molar-refractivity contribution in [2.45, 2.75) is 39.7 Å². The summed E-state index contributed by atoms with van der Waals surface area (Å²) < 4.78 is 0. The topological polar surface area (TPSA) is 78.4 Å². The molecular formula is C16H24N2O3. The van der Waals surface area contributed by atoms with Crippen molar-refractivity contribution in [3.63, 3.8) is 0 Å². The van der Waals surface area contributed by atoms with Gasteiger partial charge in [0, 0.05) is 24.7 Å². The number of benzene rings is 1. The van der Waals surface area contributed by atoms with E-state index in [9.17, 15) is 14.7 Å². The molecule has 5 nitrogen and oxygen atoms in total. The standard InChI is InChI=1S/C16H24N2O3/c1-11(2)9-16(4,21)10-17-15(20)13-5-7-14(8-6-13)18-12(3)19/h5-8,11,21H,9-10H2,1-4H3,(H,17,20)(H,18,19). The molecule has 0 heterocycles. The van der Waals surface area contributed by atoms with Crippen molar-refractivity contribution >= 4 is 17.5 Å². The summed E-state index contributed by atoms with van der Waals surface area (Å²) in [7, 11) is 0. The summed E-state index contributed by atoms with van der Waals surface area (Å²) in [5.74, 6) is -0.0424. The maximum atomic E-state index is 12.0. The van der Waals surface area contributed by atoms with E-state index < -0.39 is 5.60 Å². The average molecular weight is 292 g/mol. The lowest BCUT2D eigenvalue weighted by Crippen LogP contribution is -2.41. The molecule has 1 aromatic rings. The van der Waals surface area contributed by atoms with E-state index in [4.69, 9.17) is 0 Å². The molecule has 1 rings (SSSR count). The smallest absolute Gasteiger partial charge is 0.251 e. The zero-order valence-electron chi connectivity index (χ0n) is 13.1. The van der Waals surface area contributed by atoms with Gasteiger partial charge >= 0.3 is 0 Å². The zero-order chi connectivity index (χ0) is 16.0. The summed E-state index contributed by atoms with van der Waals surface area (Å²) in [5.41, 5.74) is 0.218. The third kappa shape index (κ3) is 6.40.